The van der Waals surface area contributed by atoms with Crippen LogP contribution in [0.4, 0.5) is 5.69 Å². The van der Waals surface area contributed by atoms with Crippen LogP contribution < -0.4 is 4.90 Å². The summed E-state index contributed by atoms with van der Waals surface area (Å²) in [5, 5.41) is 0. The van der Waals surface area contributed by atoms with Crippen LogP contribution in [-0.4, -0.2) is 60.5 Å². The van der Waals surface area contributed by atoms with E-state index in [4.69, 9.17) is 0 Å². The smallest absolute Gasteiger partial charge is 0.244 e. The second-order valence-corrected chi connectivity index (χ2v) is 6.83. The van der Waals surface area contributed by atoms with Crippen LogP contribution in [0.3, 0.4) is 0 Å². The van der Waals surface area contributed by atoms with E-state index in [1.54, 1.807) is 0 Å². The minimum atomic E-state index is 0.0539. The van der Waals surface area contributed by atoms with Crippen molar-refractivity contribution in [2.24, 2.45) is 0 Å². The molecule has 4 heteroatoms. The van der Waals surface area contributed by atoms with Gasteiger partial charge in [-0.3, -0.25) is 14.6 Å². The quantitative estimate of drug-likeness (QED) is 0.830. The average Bonchev–Trinajstić information content (AvgIpc) is 2.85. The predicted octanol–water partition coefficient (Wildman–Crippen LogP) is 1.82. The summed E-state index contributed by atoms with van der Waals surface area (Å²) in [4.78, 5) is 19.5. The minimum Gasteiger partial charge on any atom is -0.311 e. The van der Waals surface area contributed by atoms with E-state index in [-0.39, 0.29) is 17.5 Å². The fraction of sp³-hybridized carbons (Fsp3) is 0.588. The maximum Gasteiger partial charge on any atom is 0.244 e. The van der Waals surface area contributed by atoms with E-state index in [2.05, 4.69) is 30.7 Å². The normalized spacial score (nSPS) is 27.3. The molecule has 0 unspecified atom stereocenters. The number of hydrogen-bond acceptors (Lipinski definition) is 3. The zero-order valence-corrected chi connectivity index (χ0v) is 13.2. The molecule has 1 aromatic rings. The Balaban J connectivity index is 1.73. The molecule has 1 aromatic carbocycles. The fourth-order valence-corrected chi connectivity index (χ4v) is 3.41. The number of rotatable bonds is 2. The number of para-hydroxylation sites is 1. The zero-order valence-electron chi connectivity index (χ0n) is 13.2. The van der Waals surface area contributed by atoms with Crippen molar-refractivity contribution in [2.45, 2.75) is 31.8 Å². The topological polar surface area (TPSA) is 26.8 Å². The van der Waals surface area contributed by atoms with Crippen LogP contribution in [-0.2, 0) is 4.79 Å². The summed E-state index contributed by atoms with van der Waals surface area (Å²) in [7, 11) is 2.17. The molecule has 0 radical (unpaired) electrons. The van der Waals surface area contributed by atoms with E-state index >= 15 is 0 Å². The average molecular weight is 287 g/mol. The third-order valence-electron chi connectivity index (χ3n) is 5.03. The number of carbonyl (C=O) groups excluding carboxylic acids is 1. The lowest BCUT2D eigenvalue weighted by Crippen LogP contribution is -2.60. The van der Waals surface area contributed by atoms with Crippen molar-refractivity contribution in [1.29, 1.82) is 0 Å². The summed E-state index contributed by atoms with van der Waals surface area (Å²) in [6.07, 6.45) is 0.938. The highest BCUT2D eigenvalue weighted by Crippen LogP contribution is 2.28. The summed E-state index contributed by atoms with van der Waals surface area (Å²) in [6.45, 7) is 8.32. The first kappa shape index (κ1) is 14.5. The van der Waals surface area contributed by atoms with Gasteiger partial charge in [-0.05, 0) is 39.4 Å². The number of benzene rings is 1. The van der Waals surface area contributed by atoms with Crippen LogP contribution >= 0.6 is 0 Å². The van der Waals surface area contributed by atoms with Gasteiger partial charge in [0.25, 0.3) is 0 Å². The molecule has 3 rings (SSSR count). The lowest BCUT2D eigenvalue weighted by molar-refractivity contribution is -0.123. The van der Waals surface area contributed by atoms with Crippen molar-refractivity contribution in [2.75, 3.05) is 38.1 Å². The molecule has 114 valence electrons. The first-order valence-corrected chi connectivity index (χ1v) is 7.81. The van der Waals surface area contributed by atoms with Crippen LogP contribution in [0.1, 0.15) is 20.3 Å². The molecule has 21 heavy (non-hydrogen) atoms. The Morgan fingerprint density at radius 1 is 1.10 bits per heavy atom. The van der Waals surface area contributed by atoms with Gasteiger partial charge in [0.1, 0.15) is 0 Å². The van der Waals surface area contributed by atoms with Gasteiger partial charge in [0, 0.05) is 37.4 Å². The number of nitrogens with zero attached hydrogens (tertiary/aromatic N) is 3. The van der Waals surface area contributed by atoms with Crippen LogP contribution in [0, 0.1) is 0 Å². The standard InChI is InChI=1S/C17H25N3O/c1-17(2)13-19(12-11-18(17)3)15-9-10-20(16(15)21)14-7-5-4-6-8-14/h4-8,15H,9-13H2,1-3H3/t15-/m0/s1. The summed E-state index contributed by atoms with van der Waals surface area (Å²) in [5.41, 5.74) is 1.16. The Morgan fingerprint density at radius 3 is 2.48 bits per heavy atom. The van der Waals surface area contributed by atoms with E-state index in [1.165, 1.54) is 0 Å². The Bertz CT molecular complexity index is 514. The Labute approximate surface area is 127 Å². The summed E-state index contributed by atoms with van der Waals surface area (Å²) < 4.78 is 0. The van der Waals surface area contributed by atoms with Crippen molar-refractivity contribution >= 4 is 11.6 Å². The van der Waals surface area contributed by atoms with Gasteiger partial charge in [-0.15, -0.1) is 0 Å². The number of piperazine rings is 1. The molecule has 2 heterocycles. The lowest BCUT2D eigenvalue weighted by Gasteiger charge is -2.46. The molecule has 2 aliphatic rings. The second-order valence-electron chi connectivity index (χ2n) is 6.83. The monoisotopic (exact) mass is 287 g/mol. The molecule has 0 N–H and O–H groups in total. The maximum absolute atomic E-state index is 12.8. The Kier molecular flexibility index (Phi) is 3.76. The number of likely N-dealkylation sites (N-methyl/N-ethyl adjacent to an activating group) is 1. The highest BCUT2D eigenvalue weighted by Gasteiger charge is 2.41. The van der Waals surface area contributed by atoms with E-state index < -0.39 is 0 Å². The molecule has 0 bridgehead atoms. The number of amides is 1. The van der Waals surface area contributed by atoms with Crippen LogP contribution in [0.2, 0.25) is 0 Å². The Morgan fingerprint density at radius 2 is 1.81 bits per heavy atom. The van der Waals surface area contributed by atoms with Gasteiger partial charge < -0.3 is 4.90 Å². The molecule has 0 spiro atoms. The first-order chi connectivity index (χ1) is 9.99. The SMILES string of the molecule is CN1CCN([C@H]2CCN(c3ccccc3)C2=O)CC1(C)C. The summed E-state index contributed by atoms with van der Waals surface area (Å²) in [5.74, 6) is 0.265. The zero-order chi connectivity index (χ0) is 15.0. The number of anilines is 1. The van der Waals surface area contributed by atoms with Gasteiger partial charge in [-0.1, -0.05) is 18.2 Å². The van der Waals surface area contributed by atoms with Crippen molar-refractivity contribution < 1.29 is 4.79 Å². The molecule has 0 saturated carbocycles. The van der Waals surface area contributed by atoms with Gasteiger partial charge in [-0.25, -0.2) is 0 Å². The highest BCUT2D eigenvalue weighted by atomic mass is 16.2. The van der Waals surface area contributed by atoms with Crippen LogP contribution in [0.25, 0.3) is 0 Å². The van der Waals surface area contributed by atoms with Gasteiger partial charge in [0.15, 0.2) is 0 Å². The Hall–Kier alpha value is -1.39. The molecule has 0 aromatic heterocycles. The molecule has 1 atom stereocenters. The van der Waals surface area contributed by atoms with Gasteiger partial charge in [0.2, 0.25) is 5.91 Å². The summed E-state index contributed by atoms with van der Waals surface area (Å²) >= 11 is 0. The second kappa shape index (κ2) is 5.43. The van der Waals surface area contributed by atoms with E-state index in [1.807, 2.05) is 35.2 Å². The van der Waals surface area contributed by atoms with Gasteiger partial charge in [0.05, 0.1) is 6.04 Å². The van der Waals surface area contributed by atoms with Crippen molar-refractivity contribution in [3.63, 3.8) is 0 Å². The number of carbonyl (C=O) groups is 1. The molecule has 2 aliphatic heterocycles. The van der Waals surface area contributed by atoms with E-state index in [0.29, 0.717) is 0 Å². The third kappa shape index (κ3) is 2.70. The van der Waals surface area contributed by atoms with Crippen LogP contribution in [0.5, 0.6) is 0 Å². The highest BCUT2D eigenvalue weighted by molar-refractivity contribution is 5.99. The van der Waals surface area contributed by atoms with Crippen molar-refractivity contribution in [3.8, 4) is 0 Å². The predicted molar refractivity (Wildman–Crippen MR) is 85.5 cm³/mol. The summed E-state index contributed by atoms with van der Waals surface area (Å²) in [6, 6.07) is 10.1. The fourth-order valence-electron chi connectivity index (χ4n) is 3.41. The van der Waals surface area contributed by atoms with Crippen molar-refractivity contribution in [3.05, 3.63) is 30.3 Å². The number of hydrogen-bond donors (Lipinski definition) is 0. The van der Waals surface area contributed by atoms with Crippen LogP contribution in [0.15, 0.2) is 30.3 Å². The molecule has 0 aliphatic carbocycles. The first-order valence-electron chi connectivity index (χ1n) is 7.81. The molecule has 1 amide bonds. The third-order valence-corrected chi connectivity index (χ3v) is 5.03. The van der Waals surface area contributed by atoms with E-state index in [0.717, 1.165) is 38.3 Å². The van der Waals surface area contributed by atoms with E-state index in [9.17, 15) is 4.79 Å². The maximum atomic E-state index is 12.8. The molecule has 4 nitrogen and oxygen atoms in total. The van der Waals surface area contributed by atoms with Gasteiger partial charge in [-0.2, -0.15) is 0 Å². The molecular formula is C17H25N3O. The van der Waals surface area contributed by atoms with Gasteiger partial charge >= 0.3 is 0 Å². The molecule has 2 fully saturated rings. The van der Waals surface area contributed by atoms with Crippen molar-refractivity contribution in [1.82, 2.24) is 9.80 Å². The molecule has 2 saturated heterocycles. The lowest BCUT2D eigenvalue weighted by atomic mass is 9.98. The molecular weight excluding hydrogens is 262 g/mol. The minimum absolute atomic E-state index is 0.0539. The largest absolute Gasteiger partial charge is 0.311 e.